The summed E-state index contributed by atoms with van der Waals surface area (Å²) >= 11 is 0. The van der Waals surface area contributed by atoms with Crippen LogP contribution in [0.4, 0.5) is 11.4 Å². The third-order valence-electron chi connectivity index (χ3n) is 10.2. The molecule has 1 amide bonds. The van der Waals surface area contributed by atoms with Crippen molar-refractivity contribution in [1.29, 1.82) is 0 Å². The average molecular weight is 601 g/mol. The van der Waals surface area contributed by atoms with Crippen LogP contribution in [-0.2, 0) is 4.79 Å². The van der Waals surface area contributed by atoms with Crippen LogP contribution in [0, 0.1) is 30.6 Å². The highest BCUT2D eigenvalue weighted by Gasteiger charge is 2.29. The normalized spacial score (nSPS) is 27.9. The number of aromatic nitrogens is 1. The minimum Gasteiger partial charge on any atom is -0.321 e. The smallest absolute Gasteiger partial charge is 0.255 e. The van der Waals surface area contributed by atoms with Crippen LogP contribution >= 0.6 is 0 Å². The Morgan fingerprint density at radius 1 is 1.09 bits per heavy atom. The fraction of sp³-hybridized carbons (Fsp3) is 0.629. The molecular formula is C35H52N8O. The molecule has 1 aliphatic carbocycles. The van der Waals surface area contributed by atoms with Gasteiger partial charge in [-0.1, -0.05) is 50.6 Å². The molecular weight excluding hydrogens is 548 g/mol. The number of nitrogens with zero attached hydrogens (tertiary/aromatic N) is 7. The quantitative estimate of drug-likeness (QED) is 0.405. The maximum absolute atomic E-state index is 13.5. The highest BCUT2D eigenvalue weighted by Crippen LogP contribution is 2.36. The first-order valence-electron chi connectivity index (χ1n) is 16.6. The zero-order chi connectivity index (χ0) is 31.4. The van der Waals surface area contributed by atoms with E-state index in [1.165, 1.54) is 17.6 Å². The van der Waals surface area contributed by atoms with E-state index in [0.29, 0.717) is 48.5 Å². The van der Waals surface area contributed by atoms with Gasteiger partial charge in [0.15, 0.2) is 0 Å². The van der Waals surface area contributed by atoms with Crippen LogP contribution in [0.1, 0.15) is 66.0 Å². The Morgan fingerprint density at radius 3 is 2.70 bits per heavy atom. The number of likely N-dealkylation sites (N-methyl/N-ethyl adjacent to an activating group) is 1. The van der Waals surface area contributed by atoms with Crippen molar-refractivity contribution in [2.45, 2.75) is 73.3 Å². The predicted molar refractivity (Wildman–Crippen MR) is 180 cm³/mol. The Balaban J connectivity index is 1.25. The summed E-state index contributed by atoms with van der Waals surface area (Å²) in [5, 5.41) is 14.1. The van der Waals surface area contributed by atoms with Crippen molar-refractivity contribution >= 4 is 23.5 Å². The molecule has 5 rings (SSSR count). The first-order chi connectivity index (χ1) is 21.1. The molecule has 0 bridgehead atoms. The van der Waals surface area contributed by atoms with Gasteiger partial charge in [0.05, 0.1) is 42.1 Å². The highest BCUT2D eigenvalue weighted by atomic mass is 16.1. The van der Waals surface area contributed by atoms with Crippen molar-refractivity contribution in [3.8, 4) is 0 Å². The molecule has 9 nitrogen and oxygen atoms in total. The van der Waals surface area contributed by atoms with E-state index in [2.05, 4.69) is 90.5 Å². The Hall–Kier alpha value is -3.17. The van der Waals surface area contributed by atoms with Crippen LogP contribution in [0.15, 0.2) is 62.2 Å². The molecule has 238 valence electrons. The molecule has 0 radical (unpaired) electrons. The third kappa shape index (κ3) is 7.72. The molecule has 44 heavy (non-hydrogen) atoms. The first-order valence-corrected chi connectivity index (χ1v) is 16.6. The minimum absolute atomic E-state index is 0.0971. The van der Waals surface area contributed by atoms with E-state index in [1.807, 2.05) is 18.0 Å². The summed E-state index contributed by atoms with van der Waals surface area (Å²) in [6.45, 7) is 19.1. The Kier molecular flexibility index (Phi) is 10.5. The monoisotopic (exact) mass is 600 g/mol. The third-order valence-corrected chi connectivity index (χ3v) is 10.2. The molecule has 9 heteroatoms. The van der Waals surface area contributed by atoms with Gasteiger partial charge in [-0.05, 0) is 88.4 Å². The minimum atomic E-state index is -0.0971. The Bertz CT molecular complexity index is 1360. The summed E-state index contributed by atoms with van der Waals surface area (Å²) < 4.78 is 0. The van der Waals surface area contributed by atoms with Crippen LogP contribution in [0.25, 0.3) is 0 Å². The molecule has 0 saturated carbocycles. The van der Waals surface area contributed by atoms with Crippen LogP contribution in [0.3, 0.4) is 0 Å². The highest BCUT2D eigenvalue weighted by molar-refractivity contribution is 6.06. The lowest BCUT2D eigenvalue weighted by atomic mass is 9.72. The van der Waals surface area contributed by atoms with Gasteiger partial charge >= 0.3 is 0 Å². The van der Waals surface area contributed by atoms with Crippen LogP contribution in [0.2, 0.25) is 0 Å². The second kappa shape index (κ2) is 14.3. The number of nitrogens with one attached hydrogen (secondary N) is 1. The molecule has 1 aromatic rings. The maximum Gasteiger partial charge on any atom is 0.255 e. The van der Waals surface area contributed by atoms with Gasteiger partial charge in [-0.3, -0.25) is 19.7 Å². The number of allylic oxidation sites excluding steroid dienone is 2. The molecule has 4 aliphatic rings. The number of rotatable bonds is 6. The Morgan fingerprint density at radius 2 is 1.91 bits per heavy atom. The molecule has 1 aromatic heterocycles. The lowest BCUT2D eigenvalue weighted by Gasteiger charge is -2.33. The molecule has 0 spiro atoms. The van der Waals surface area contributed by atoms with Crippen molar-refractivity contribution in [1.82, 2.24) is 14.8 Å². The summed E-state index contributed by atoms with van der Waals surface area (Å²) in [4.78, 5) is 27.8. The molecule has 1 N–H and O–H groups in total. The van der Waals surface area contributed by atoms with Crippen LogP contribution in [-0.4, -0.2) is 79.3 Å². The van der Waals surface area contributed by atoms with E-state index < -0.39 is 0 Å². The van der Waals surface area contributed by atoms with Gasteiger partial charge in [0.1, 0.15) is 0 Å². The Labute approximate surface area is 264 Å². The topological polar surface area (TPSA) is 88.8 Å². The van der Waals surface area contributed by atoms with Crippen LogP contribution in [0.5, 0.6) is 0 Å². The molecule has 4 unspecified atom stereocenters. The van der Waals surface area contributed by atoms with E-state index in [0.717, 1.165) is 68.1 Å². The molecule has 4 atom stereocenters. The molecule has 0 aromatic carbocycles. The van der Waals surface area contributed by atoms with Crippen molar-refractivity contribution in [3.05, 3.63) is 52.5 Å². The van der Waals surface area contributed by atoms with Gasteiger partial charge < -0.3 is 10.2 Å². The number of hydrogen-bond donors (Lipinski definition) is 1. The summed E-state index contributed by atoms with van der Waals surface area (Å²) in [6, 6.07) is 2.28. The largest absolute Gasteiger partial charge is 0.321 e. The second-order valence-corrected chi connectivity index (χ2v) is 13.9. The number of aliphatic imine (C=N–C) groups is 1. The van der Waals surface area contributed by atoms with E-state index in [4.69, 9.17) is 4.99 Å². The average Bonchev–Trinajstić information content (AvgIpc) is 3.39. The number of anilines is 2. The number of amides is 1. The molecule has 3 aliphatic heterocycles. The number of hydrogen-bond acceptors (Lipinski definition) is 8. The molecule has 1 saturated heterocycles. The lowest BCUT2D eigenvalue weighted by Crippen LogP contribution is -2.41. The number of carbonyl (C=O) groups is 1. The number of aryl methyl sites for hydroxylation is 1. The number of pyridine rings is 1. The van der Waals surface area contributed by atoms with Crippen molar-refractivity contribution in [2.24, 2.45) is 39.0 Å². The second-order valence-electron chi connectivity index (χ2n) is 13.9. The zero-order valence-corrected chi connectivity index (χ0v) is 27.9. The predicted octanol–water partition coefficient (Wildman–Crippen LogP) is 6.46. The summed E-state index contributed by atoms with van der Waals surface area (Å²) in [5.41, 5.74) is 6.60. The van der Waals surface area contributed by atoms with Crippen molar-refractivity contribution in [3.63, 3.8) is 0 Å². The van der Waals surface area contributed by atoms with Gasteiger partial charge in [0, 0.05) is 37.5 Å². The van der Waals surface area contributed by atoms with Gasteiger partial charge in [-0.2, -0.15) is 0 Å². The summed E-state index contributed by atoms with van der Waals surface area (Å²) in [6.07, 6.45) is 12.1. The summed E-state index contributed by atoms with van der Waals surface area (Å²) in [7, 11) is 2.20. The molecule has 1 fully saturated rings. The van der Waals surface area contributed by atoms with Crippen molar-refractivity contribution < 1.29 is 4.79 Å². The number of carbonyl (C=O) groups excluding carboxylic acids is 1. The van der Waals surface area contributed by atoms with Gasteiger partial charge in [0.2, 0.25) is 0 Å². The fourth-order valence-electron chi connectivity index (χ4n) is 6.97. The van der Waals surface area contributed by atoms with Gasteiger partial charge in [-0.25, -0.2) is 5.01 Å². The van der Waals surface area contributed by atoms with E-state index in [-0.39, 0.29) is 5.91 Å². The van der Waals surface area contributed by atoms with Crippen LogP contribution < -0.4 is 10.3 Å². The van der Waals surface area contributed by atoms with Gasteiger partial charge in [0.25, 0.3) is 5.91 Å². The zero-order valence-electron chi connectivity index (χ0n) is 27.9. The molecule has 4 heterocycles. The van der Waals surface area contributed by atoms with Crippen molar-refractivity contribution in [2.75, 3.05) is 56.6 Å². The van der Waals surface area contributed by atoms with Gasteiger partial charge in [-0.15, -0.1) is 5.11 Å². The fourth-order valence-corrected chi connectivity index (χ4v) is 6.97. The van der Waals surface area contributed by atoms with E-state index in [9.17, 15) is 4.79 Å². The lowest BCUT2D eigenvalue weighted by molar-refractivity contribution is -0.112. The summed E-state index contributed by atoms with van der Waals surface area (Å²) in [5.74, 6) is 2.33. The SMILES string of the molecule is CC1=CC(C(=O)Nc2cnc(C)c(N3C/C(=C4/CN=CC(N5CCCN(C)CC5)C4)N=N3)c2)=CCC(C)C(C(C)C(C)C)C1. The standard InChI is InChI=1S/C35H52N8O/c1-23(2)26(5)32-16-24(3)15-28(10-9-25(32)4)35(44)38-30-18-34(27(6)37-20-30)43-22-33(39-40-43)29-17-31(21-36-19-29)42-12-8-11-41(7)13-14-42/h10,15,18,20-21,23,25-26,31-32H,8-9,11-14,16-17,19,22H2,1-7H3,(H,38,44)/b24-15?,28-10?,33-29-. The first kappa shape index (κ1) is 32.2. The maximum atomic E-state index is 13.5. The van der Waals surface area contributed by atoms with E-state index >= 15 is 0 Å². The van der Waals surface area contributed by atoms with E-state index in [1.54, 1.807) is 6.20 Å².